The first-order valence-corrected chi connectivity index (χ1v) is 14.0. The zero-order valence-electron chi connectivity index (χ0n) is 16.7. The molecule has 0 aliphatic heterocycles. The van der Waals surface area contributed by atoms with Crippen LogP contribution in [0.2, 0.25) is 0 Å². The van der Waals surface area contributed by atoms with Crippen molar-refractivity contribution in [3.63, 3.8) is 0 Å². The molecule has 0 amide bonds. The summed E-state index contributed by atoms with van der Waals surface area (Å²) < 4.78 is 53.0. The van der Waals surface area contributed by atoms with E-state index >= 15 is 0 Å². The molecule has 0 bridgehead atoms. The first kappa shape index (κ1) is 21.3. The number of aromatic nitrogens is 1. The predicted octanol–water partition coefficient (Wildman–Crippen LogP) is 4.94. The summed E-state index contributed by atoms with van der Waals surface area (Å²) in [5.41, 5.74) is 2.11. The maximum absolute atomic E-state index is 12.8. The molecule has 1 aromatic heterocycles. The quantitative estimate of drug-likeness (QED) is 0.558. The third-order valence-electron chi connectivity index (χ3n) is 5.53. The molecule has 1 aliphatic rings. The monoisotopic (exact) mass is 464 g/mol. The van der Waals surface area contributed by atoms with Crippen molar-refractivity contribution in [2.45, 2.75) is 54.2 Å². The second kappa shape index (κ2) is 8.28. The Labute approximate surface area is 181 Å². The molecule has 0 unspecified atom stereocenters. The lowest BCUT2D eigenvalue weighted by molar-refractivity contribution is 0.443. The first-order chi connectivity index (χ1) is 14.3. The van der Waals surface area contributed by atoms with E-state index in [4.69, 9.17) is 0 Å². The summed E-state index contributed by atoms with van der Waals surface area (Å²) in [5, 5.41) is 0. The number of sulfonamides is 1. The van der Waals surface area contributed by atoms with E-state index in [0.717, 1.165) is 24.2 Å². The molecular formula is C21H24N2O4S3. The van der Waals surface area contributed by atoms with Crippen LogP contribution >= 0.6 is 11.3 Å². The van der Waals surface area contributed by atoms with E-state index in [-0.39, 0.29) is 15.0 Å². The van der Waals surface area contributed by atoms with Gasteiger partial charge in [0, 0.05) is 0 Å². The molecule has 0 radical (unpaired) electrons. The molecule has 2 aromatic carbocycles. The molecule has 1 aliphatic carbocycles. The Hall–Kier alpha value is -1.97. The van der Waals surface area contributed by atoms with Crippen molar-refractivity contribution in [3.05, 3.63) is 48.0 Å². The number of hydrogen-bond acceptors (Lipinski definition) is 6. The highest BCUT2D eigenvalue weighted by Gasteiger charge is 2.20. The largest absolute Gasteiger partial charge is 0.280 e. The van der Waals surface area contributed by atoms with Gasteiger partial charge in [-0.05, 0) is 54.7 Å². The summed E-state index contributed by atoms with van der Waals surface area (Å²) in [6.45, 7) is 1.57. The van der Waals surface area contributed by atoms with Crippen molar-refractivity contribution in [1.82, 2.24) is 4.98 Å². The van der Waals surface area contributed by atoms with Gasteiger partial charge in [0.15, 0.2) is 0 Å². The third-order valence-corrected chi connectivity index (χ3v) is 10.1. The molecule has 1 saturated carbocycles. The van der Waals surface area contributed by atoms with Crippen molar-refractivity contribution in [1.29, 1.82) is 0 Å². The fraction of sp³-hybridized carbons (Fsp3) is 0.381. The molecule has 30 heavy (non-hydrogen) atoms. The van der Waals surface area contributed by atoms with Crippen LogP contribution in [0.5, 0.6) is 0 Å². The summed E-state index contributed by atoms with van der Waals surface area (Å²) in [7, 11) is -7.14. The van der Waals surface area contributed by atoms with Crippen molar-refractivity contribution in [3.8, 4) is 0 Å². The molecule has 160 valence electrons. The van der Waals surface area contributed by atoms with Gasteiger partial charge in [-0.2, -0.15) is 0 Å². The molecule has 0 spiro atoms. The van der Waals surface area contributed by atoms with E-state index in [1.54, 1.807) is 37.3 Å². The summed E-state index contributed by atoms with van der Waals surface area (Å²) in [6.07, 6.45) is 6.06. The number of thiazole rings is 1. The fourth-order valence-electron chi connectivity index (χ4n) is 3.79. The van der Waals surface area contributed by atoms with Crippen molar-refractivity contribution in [2.24, 2.45) is 0 Å². The predicted molar refractivity (Wildman–Crippen MR) is 120 cm³/mol. The van der Waals surface area contributed by atoms with Gasteiger partial charge in [0.1, 0.15) is 0 Å². The van der Waals surface area contributed by atoms with Crippen LogP contribution in [0.3, 0.4) is 0 Å². The normalized spacial score (nSPS) is 16.0. The Bertz CT molecular complexity index is 1260. The molecule has 1 heterocycles. The highest BCUT2D eigenvalue weighted by Crippen LogP contribution is 2.33. The molecule has 4 rings (SSSR count). The maximum Gasteiger partial charge on any atom is 0.261 e. The smallest absolute Gasteiger partial charge is 0.261 e. The van der Waals surface area contributed by atoms with E-state index in [9.17, 15) is 16.8 Å². The Morgan fingerprint density at radius 1 is 1.00 bits per heavy atom. The maximum atomic E-state index is 12.8. The van der Waals surface area contributed by atoms with Gasteiger partial charge in [0.2, 0.25) is 14.2 Å². The van der Waals surface area contributed by atoms with Crippen LogP contribution in [0, 0.1) is 0 Å². The number of nitrogens with one attached hydrogen (secondary N) is 1. The minimum atomic E-state index is -3.74. The number of sulfone groups is 1. The lowest BCUT2D eigenvalue weighted by Crippen LogP contribution is -2.13. The second-order valence-electron chi connectivity index (χ2n) is 7.58. The Kier molecular flexibility index (Phi) is 5.87. The van der Waals surface area contributed by atoms with Gasteiger partial charge in [-0.15, -0.1) is 11.3 Å². The van der Waals surface area contributed by atoms with Gasteiger partial charge < -0.3 is 0 Å². The van der Waals surface area contributed by atoms with Gasteiger partial charge in [0.05, 0.1) is 26.6 Å². The van der Waals surface area contributed by atoms with E-state index in [0.29, 0.717) is 21.8 Å². The second-order valence-corrected chi connectivity index (χ2v) is 12.7. The average Bonchev–Trinajstić information content (AvgIpc) is 3.18. The zero-order chi connectivity index (χ0) is 21.4. The molecular weight excluding hydrogens is 440 g/mol. The number of benzene rings is 2. The standard InChI is InChI=1S/C21H24N2O4S3/c1-2-29(24,25)21-22-19-13-10-17(14-20(19)28-21)23-30(26,27)18-11-8-16(9-12-18)15-6-4-3-5-7-15/h8-15,23H,2-7H2,1H3. The van der Waals surface area contributed by atoms with Gasteiger partial charge in [-0.25, -0.2) is 21.8 Å². The molecule has 3 aromatic rings. The van der Waals surface area contributed by atoms with E-state index in [1.807, 2.05) is 12.1 Å². The van der Waals surface area contributed by atoms with Crippen LogP contribution < -0.4 is 4.72 Å². The summed E-state index contributed by atoms with van der Waals surface area (Å²) >= 11 is 1.05. The Morgan fingerprint density at radius 3 is 2.37 bits per heavy atom. The molecule has 0 saturated heterocycles. The number of hydrogen-bond donors (Lipinski definition) is 1. The van der Waals surface area contributed by atoms with Crippen LogP contribution in [0.15, 0.2) is 51.7 Å². The SMILES string of the molecule is CCS(=O)(=O)c1nc2ccc(NS(=O)(=O)c3ccc(C4CCCCC4)cc3)cc2s1. The van der Waals surface area contributed by atoms with Crippen molar-refractivity contribution in [2.75, 3.05) is 10.5 Å². The lowest BCUT2D eigenvalue weighted by Gasteiger charge is -2.22. The summed E-state index contributed by atoms with van der Waals surface area (Å²) in [6, 6.07) is 12.0. The van der Waals surface area contributed by atoms with Gasteiger partial charge in [-0.1, -0.05) is 38.3 Å². The zero-order valence-corrected chi connectivity index (χ0v) is 19.1. The Balaban J connectivity index is 1.56. The highest BCUT2D eigenvalue weighted by atomic mass is 32.2. The average molecular weight is 465 g/mol. The molecule has 6 nitrogen and oxygen atoms in total. The van der Waals surface area contributed by atoms with Gasteiger partial charge in [0.25, 0.3) is 10.0 Å². The Morgan fingerprint density at radius 2 is 1.70 bits per heavy atom. The third kappa shape index (κ3) is 4.38. The topological polar surface area (TPSA) is 93.2 Å². The molecule has 1 N–H and O–H groups in total. The minimum absolute atomic E-state index is 0.0246. The van der Waals surface area contributed by atoms with E-state index in [1.165, 1.54) is 24.8 Å². The molecule has 9 heteroatoms. The number of nitrogens with zero attached hydrogens (tertiary/aromatic N) is 1. The van der Waals surface area contributed by atoms with Crippen LogP contribution in [0.4, 0.5) is 5.69 Å². The van der Waals surface area contributed by atoms with Crippen LogP contribution in [0.1, 0.15) is 50.5 Å². The highest BCUT2D eigenvalue weighted by molar-refractivity contribution is 7.93. The summed E-state index contributed by atoms with van der Waals surface area (Å²) in [5.74, 6) is 0.495. The van der Waals surface area contributed by atoms with E-state index < -0.39 is 19.9 Å². The number of fused-ring (bicyclic) bond motifs is 1. The molecule has 0 atom stereocenters. The van der Waals surface area contributed by atoms with E-state index in [2.05, 4.69) is 9.71 Å². The molecule has 1 fully saturated rings. The minimum Gasteiger partial charge on any atom is -0.280 e. The number of rotatable bonds is 6. The first-order valence-electron chi connectivity index (χ1n) is 10.0. The lowest BCUT2D eigenvalue weighted by atomic mass is 9.84. The van der Waals surface area contributed by atoms with Crippen LogP contribution in [-0.4, -0.2) is 27.6 Å². The summed E-state index contributed by atoms with van der Waals surface area (Å²) in [4.78, 5) is 4.37. The van der Waals surface area contributed by atoms with Crippen molar-refractivity contribution >= 4 is 47.1 Å². The van der Waals surface area contributed by atoms with Crippen LogP contribution in [0.25, 0.3) is 10.2 Å². The fourth-order valence-corrected chi connectivity index (χ4v) is 7.19. The van der Waals surface area contributed by atoms with Crippen molar-refractivity contribution < 1.29 is 16.8 Å². The number of anilines is 1. The van der Waals surface area contributed by atoms with Crippen LogP contribution in [-0.2, 0) is 19.9 Å². The van der Waals surface area contributed by atoms with Gasteiger partial charge >= 0.3 is 0 Å². The van der Waals surface area contributed by atoms with Gasteiger partial charge in [-0.3, -0.25) is 4.72 Å².